The monoisotopic (exact) mass is 548 g/mol. The Labute approximate surface area is 245 Å². The molecule has 43 heavy (non-hydrogen) atoms. The Morgan fingerprint density at radius 2 is 1.28 bits per heavy atom. The molecule has 5 heterocycles. The van der Waals surface area contributed by atoms with Gasteiger partial charge in [0.25, 0.3) is 6.71 Å². The molecule has 11 rings (SSSR count). The molecule has 0 radical (unpaired) electrons. The number of imidazole rings is 2. The molecular formula is C37H21BN4O. The van der Waals surface area contributed by atoms with Crippen molar-refractivity contribution in [2.24, 2.45) is 0 Å². The van der Waals surface area contributed by atoms with E-state index in [4.69, 9.17) is 9.72 Å². The minimum absolute atomic E-state index is 0.0325. The van der Waals surface area contributed by atoms with E-state index in [0.717, 1.165) is 39.7 Å². The molecule has 2 aliphatic heterocycles. The zero-order chi connectivity index (χ0) is 27.8. The van der Waals surface area contributed by atoms with Crippen LogP contribution < -0.4 is 21.1 Å². The second kappa shape index (κ2) is 7.55. The number of aromatic nitrogens is 4. The molecule has 3 aromatic heterocycles. The van der Waals surface area contributed by atoms with E-state index in [9.17, 15) is 0 Å². The van der Waals surface area contributed by atoms with Crippen molar-refractivity contribution in [3.63, 3.8) is 0 Å². The molecule has 0 saturated carbocycles. The first kappa shape index (κ1) is 21.9. The standard InChI is InChI=1S/C37H21BN4O/c1-4-13-28-23(9-1)24-10-2-5-14-29(24)40(28)22-19-20-33-26(21-22)38-25-11-7-17-32-36(25)42(31-16-8-18-34(43-33)35(31)38)37-39-27-12-3-6-15-30(27)41(32)37/h1-21H. The number of rotatable bonds is 1. The normalized spacial score (nSPS) is 13.3. The predicted molar refractivity (Wildman–Crippen MR) is 175 cm³/mol. The maximum Gasteiger partial charge on any atom is 0.256 e. The summed E-state index contributed by atoms with van der Waals surface area (Å²) in [6.07, 6.45) is 0. The zero-order valence-electron chi connectivity index (χ0n) is 22.9. The zero-order valence-corrected chi connectivity index (χ0v) is 22.9. The number of hydrogen-bond acceptors (Lipinski definition) is 2. The van der Waals surface area contributed by atoms with Crippen molar-refractivity contribution < 1.29 is 4.74 Å². The summed E-state index contributed by atoms with van der Waals surface area (Å²) in [6, 6.07) is 45.5. The molecule has 0 atom stereocenters. The van der Waals surface area contributed by atoms with Crippen molar-refractivity contribution in [1.29, 1.82) is 0 Å². The van der Waals surface area contributed by atoms with E-state index in [1.165, 1.54) is 49.2 Å². The van der Waals surface area contributed by atoms with Gasteiger partial charge in [0.2, 0.25) is 5.78 Å². The van der Waals surface area contributed by atoms with Gasteiger partial charge >= 0.3 is 0 Å². The highest BCUT2D eigenvalue weighted by molar-refractivity contribution is 6.99. The van der Waals surface area contributed by atoms with Crippen molar-refractivity contribution >= 4 is 72.8 Å². The molecule has 0 bridgehead atoms. The van der Waals surface area contributed by atoms with Gasteiger partial charge in [-0.2, -0.15) is 0 Å². The molecule has 0 fully saturated rings. The minimum Gasteiger partial charge on any atom is -0.458 e. The minimum atomic E-state index is 0.0325. The molecule has 0 saturated heterocycles. The summed E-state index contributed by atoms with van der Waals surface area (Å²) in [7, 11) is 0. The number of ether oxygens (including phenoxy) is 1. The smallest absolute Gasteiger partial charge is 0.256 e. The van der Waals surface area contributed by atoms with Gasteiger partial charge in [-0.25, -0.2) is 4.98 Å². The van der Waals surface area contributed by atoms with E-state index < -0.39 is 0 Å². The second-order valence-electron chi connectivity index (χ2n) is 11.6. The summed E-state index contributed by atoms with van der Waals surface area (Å²) in [6.45, 7) is 0.0325. The average Bonchev–Trinajstić information content (AvgIpc) is 3.71. The Morgan fingerprint density at radius 1 is 0.558 bits per heavy atom. The SMILES string of the molecule is c1cc2c3c(c1)-n1c4c(cccc4n4c5ccccc5nc14)B3c1cc(-n3c4ccccc4c4ccccc43)ccc1O2. The number of benzene rings is 6. The Hall–Kier alpha value is -5.75. The van der Waals surface area contributed by atoms with Gasteiger partial charge in [-0.1, -0.05) is 66.7 Å². The van der Waals surface area contributed by atoms with Crippen LogP contribution in [0.2, 0.25) is 0 Å². The molecule has 0 aliphatic carbocycles. The van der Waals surface area contributed by atoms with Gasteiger partial charge in [0.1, 0.15) is 11.5 Å². The molecule has 0 N–H and O–H groups in total. The van der Waals surface area contributed by atoms with Crippen molar-refractivity contribution in [3.8, 4) is 22.9 Å². The molecule has 6 heteroatoms. The molecule has 0 amide bonds. The first-order valence-electron chi connectivity index (χ1n) is 14.7. The van der Waals surface area contributed by atoms with E-state index in [-0.39, 0.29) is 6.71 Å². The topological polar surface area (TPSA) is 36.4 Å². The lowest BCUT2D eigenvalue weighted by atomic mass is 9.34. The van der Waals surface area contributed by atoms with Crippen molar-refractivity contribution in [1.82, 2.24) is 18.5 Å². The Kier molecular flexibility index (Phi) is 3.85. The quantitative estimate of drug-likeness (QED) is 0.221. The number of nitrogens with zero attached hydrogens (tertiary/aromatic N) is 4. The molecule has 2 aliphatic rings. The lowest BCUT2D eigenvalue weighted by molar-refractivity contribution is 0.487. The Balaban J connectivity index is 1.24. The van der Waals surface area contributed by atoms with Crippen LogP contribution in [0.4, 0.5) is 0 Å². The molecule has 5 nitrogen and oxygen atoms in total. The van der Waals surface area contributed by atoms with Crippen molar-refractivity contribution in [3.05, 3.63) is 127 Å². The van der Waals surface area contributed by atoms with Gasteiger partial charge in [-0.05, 0) is 77.1 Å². The molecule has 9 aromatic rings. The highest BCUT2D eigenvalue weighted by Crippen LogP contribution is 2.37. The summed E-state index contributed by atoms with van der Waals surface area (Å²) in [4.78, 5) is 5.13. The van der Waals surface area contributed by atoms with Crippen LogP contribution in [-0.4, -0.2) is 25.2 Å². The van der Waals surface area contributed by atoms with Crippen LogP contribution in [0, 0.1) is 0 Å². The Morgan fingerprint density at radius 3 is 2.12 bits per heavy atom. The predicted octanol–water partition coefficient (Wildman–Crippen LogP) is 6.46. The fourth-order valence-electron chi connectivity index (χ4n) is 7.83. The van der Waals surface area contributed by atoms with Gasteiger partial charge in [0.05, 0.1) is 33.1 Å². The van der Waals surface area contributed by atoms with Gasteiger partial charge < -0.3 is 9.30 Å². The van der Waals surface area contributed by atoms with Gasteiger partial charge in [-0.3, -0.25) is 8.97 Å². The number of fused-ring (bicyclic) bond motifs is 12. The first-order chi connectivity index (χ1) is 21.3. The Bertz CT molecular complexity index is 2620. The number of para-hydroxylation sites is 5. The van der Waals surface area contributed by atoms with Crippen LogP contribution in [0.3, 0.4) is 0 Å². The molecular weight excluding hydrogens is 527 g/mol. The number of hydrogen-bond donors (Lipinski definition) is 0. The summed E-state index contributed by atoms with van der Waals surface area (Å²) >= 11 is 0. The van der Waals surface area contributed by atoms with Gasteiger partial charge in [-0.15, -0.1) is 0 Å². The van der Waals surface area contributed by atoms with E-state index >= 15 is 0 Å². The van der Waals surface area contributed by atoms with Gasteiger partial charge in [0, 0.05) is 22.1 Å². The van der Waals surface area contributed by atoms with Crippen LogP contribution in [0.25, 0.3) is 61.0 Å². The summed E-state index contributed by atoms with van der Waals surface area (Å²) in [5.74, 6) is 2.75. The third kappa shape index (κ3) is 2.59. The van der Waals surface area contributed by atoms with E-state index in [2.05, 4.69) is 141 Å². The fraction of sp³-hybridized carbons (Fsp3) is 0. The first-order valence-corrected chi connectivity index (χ1v) is 14.7. The molecule has 0 spiro atoms. The van der Waals surface area contributed by atoms with Crippen LogP contribution in [-0.2, 0) is 0 Å². The van der Waals surface area contributed by atoms with E-state index in [0.29, 0.717) is 0 Å². The van der Waals surface area contributed by atoms with Crippen LogP contribution in [0.15, 0.2) is 127 Å². The summed E-state index contributed by atoms with van der Waals surface area (Å²) in [5.41, 5.74) is 12.8. The third-order valence-electron chi connectivity index (χ3n) is 9.50. The summed E-state index contributed by atoms with van der Waals surface area (Å²) < 4.78 is 13.7. The molecule has 6 aromatic carbocycles. The van der Waals surface area contributed by atoms with Crippen molar-refractivity contribution in [2.45, 2.75) is 0 Å². The summed E-state index contributed by atoms with van der Waals surface area (Å²) in [5, 5.41) is 2.52. The van der Waals surface area contributed by atoms with E-state index in [1.54, 1.807) is 0 Å². The van der Waals surface area contributed by atoms with Crippen LogP contribution in [0.5, 0.6) is 11.5 Å². The molecule has 198 valence electrons. The maximum absolute atomic E-state index is 6.68. The largest absolute Gasteiger partial charge is 0.458 e. The highest BCUT2D eigenvalue weighted by atomic mass is 16.5. The highest BCUT2D eigenvalue weighted by Gasteiger charge is 2.41. The lowest BCUT2D eigenvalue weighted by Gasteiger charge is -2.32. The van der Waals surface area contributed by atoms with E-state index in [1.807, 2.05) is 0 Å². The average molecular weight is 548 g/mol. The van der Waals surface area contributed by atoms with Crippen molar-refractivity contribution in [2.75, 3.05) is 0 Å². The second-order valence-corrected chi connectivity index (χ2v) is 11.6. The lowest BCUT2D eigenvalue weighted by Crippen LogP contribution is -2.58. The van der Waals surface area contributed by atoms with Crippen LogP contribution >= 0.6 is 0 Å². The maximum atomic E-state index is 6.68. The fourth-order valence-corrected chi connectivity index (χ4v) is 7.83. The third-order valence-corrected chi connectivity index (χ3v) is 9.50. The van der Waals surface area contributed by atoms with Gasteiger partial charge in [0.15, 0.2) is 0 Å². The molecule has 0 unspecified atom stereocenters. The van der Waals surface area contributed by atoms with Crippen LogP contribution in [0.1, 0.15) is 0 Å².